The molecule has 1 aromatic heterocycles. The molecule has 0 aliphatic rings. The van der Waals surface area contributed by atoms with Crippen molar-refractivity contribution in [3.8, 4) is 5.75 Å². The zero-order valence-electron chi connectivity index (χ0n) is 10.7. The number of hydrogen-bond acceptors (Lipinski definition) is 3. The first-order valence-corrected chi connectivity index (χ1v) is 5.98. The Balaban J connectivity index is 2.07. The van der Waals surface area contributed by atoms with Gasteiger partial charge in [-0.25, -0.2) is 4.39 Å². The maximum absolute atomic E-state index is 13.4. The van der Waals surface area contributed by atoms with Crippen molar-refractivity contribution >= 4 is 5.91 Å². The smallest absolute Gasteiger partial charge is 0.387 e. The quantitative estimate of drug-likeness (QED) is 0.923. The zero-order valence-corrected chi connectivity index (χ0v) is 10.7. The van der Waals surface area contributed by atoms with Crippen LogP contribution in [0.5, 0.6) is 5.75 Å². The molecular weight excluding hydrogens is 285 g/mol. The van der Waals surface area contributed by atoms with Crippen molar-refractivity contribution in [3.05, 3.63) is 59.7 Å². The molecule has 1 aromatic carbocycles. The predicted molar refractivity (Wildman–Crippen MR) is 68.4 cm³/mol. The lowest BCUT2D eigenvalue weighted by molar-refractivity contribution is -0.0504. The molecule has 4 nitrogen and oxygen atoms in total. The third-order valence-corrected chi connectivity index (χ3v) is 2.65. The molecule has 0 unspecified atom stereocenters. The lowest BCUT2D eigenvalue weighted by atomic mass is 10.2. The Kier molecular flexibility index (Phi) is 4.76. The molecule has 21 heavy (non-hydrogen) atoms. The number of benzene rings is 1. The van der Waals surface area contributed by atoms with E-state index >= 15 is 0 Å². The highest BCUT2D eigenvalue weighted by molar-refractivity contribution is 5.94. The van der Waals surface area contributed by atoms with Crippen molar-refractivity contribution in [3.63, 3.8) is 0 Å². The summed E-state index contributed by atoms with van der Waals surface area (Å²) in [4.78, 5) is 15.3. The topological polar surface area (TPSA) is 51.2 Å². The molecule has 0 aliphatic heterocycles. The third-order valence-electron chi connectivity index (χ3n) is 2.65. The number of nitrogens with one attached hydrogen (secondary N) is 1. The molecule has 0 radical (unpaired) electrons. The van der Waals surface area contributed by atoms with Gasteiger partial charge in [0.2, 0.25) is 0 Å². The Bertz CT molecular complexity index is 635. The molecule has 0 spiro atoms. The van der Waals surface area contributed by atoms with E-state index in [1.807, 2.05) is 0 Å². The summed E-state index contributed by atoms with van der Waals surface area (Å²) in [6, 6.07) is 7.27. The van der Waals surface area contributed by atoms with E-state index in [2.05, 4.69) is 15.0 Å². The molecule has 0 atom stereocenters. The molecule has 110 valence electrons. The molecule has 2 aromatic rings. The van der Waals surface area contributed by atoms with Crippen LogP contribution in [-0.2, 0) is 6.54 Å². The summed E-state index contributed by atoms with van der Waals surface area (Å²) in [5.41, 5.74) is 0.192. The fourth-order valence-corrected chi connectivity index (χ4v) is 1.69. The molecular formula is C14H11F3N2O2. The van der Waals surface area contributed by atoms with E-state index in [9.17, 15) is 18.0 Å². The fraction of sp³-hybridized carbons (Fsp3) is 0.143. The Morgan fingerprint density at radius 1 is 1.29 bits per heavy atom. The minimum atomic E-state index is -2.96. The van der Waals surface area contributed by atoms with Gasteiger partial charge in [0, 0.05) is 18.3 Å². The third kappa shape index (κ3) is 3.95. The number of halogens is 3. The zero-order chi connectivity index (χ0) is 15.2. The summed E-state index contributed by atoms with van der Waals surface area (Å²) in [5.74, 6) is -1.46. The van der Waals surface area contributed by atoms with E-state index in [0.717, 1.165) is 6.20 Å². The number of hydrogen-bond donors (Lipinski definition) is 1. The molecule has 0 saturated heterocycles. The van der Waals surface area contributed by atoms with Crippen LogP contribution in [0.4, 0.5) is 13.2 Å². The number of amides is 1. The first kappa shape index (κ1) is 14.8. The molecule has 0 aliphatic carbocycles. The number of alkyl halides is 2. The number of carbonyl (C=O) groups excluding carboxylic acids is 1. The maximum Gasteiger partial charge on any atom is 0.387 e. The average molecular weight is 296 g/mol. The number of para-hydroxylation sites is 1. The van der Waals surface area contributed by atoms with Crippen molar-refractivity contribution in [2.24, 2.45) is 0 Å². The summed E-state index contributed by atoms with van der Waals surface area (Å²) >= 11 is 0. The molecule has 0 bridgehead atoms. The summed E-state index contributed by atoms with van der Waals surface area (Å²) in [5, 5.41) is 2.44. The highest BCUT2D eigenvalue weighted by Gasteiger charge is 2.13. The van der Waals surface area contributed by atoms with Gasteiger partial charge in [0.25, 0.3) is 5.91 Å². The number of pyridine rings is 1. The number of aromatic nitrogens is 1. The minimum Gasteiger partial charge on any atom is -0.434 e. The molecule has 1 heterocycles. The monoisotopic (exact) mass is 296 g/mol. The van der Waals surface area contributed by atoms with Gasteiger partial charge in [-0.05, 0) is 12.1 Å². The van der Waals surface area contributed by atoms with Gasteiger partial charge < -0.3 is 10.1 Å². The van der Waals surface area contributed by atoms with E-state index in [0.29, 0.717) is 5.56 Å². The molecule has 1 N–H and O–H groups in total. The van der Waals surface area contributed by atoms with Gasteiger partial charge in [0.1, 0.15) is 5.75 Å². The van der Waals surface area contributed by atoms with Crippen LogP contribution in [-0.4, -0.2) is 17.5 Å². The first-order valence-electron chi connectivity index (χ1n) is 5.98. The van der Waals surface area contributed by atoms with Crippen molar-refractivity contribution < 1.29 is 22.7 Å². The maximum atomic E-state index is 13.4. The molecule has 2 rings (SSSR count). The van der Waals surface area contributed by atoms with Crippen LogP contribution in [0, 0.1) is 5.82 Å². The van der Waals surface area contributed by atoms with Gasteiger partial charge >= 0.3 is 6.61 Å². The van der Waals surface area contributed by atoms with Crippen LogP contribution in [0.3, 0.4) is 0 Å². The summed E-state index contributed by atoms with van der Waals surface area (Å²) < 4.78 is 42.2. The Hall–Kier alpha value is -2.57. The number of carbonyl (C=O) groups is 1. The average Bonchev–Trinajstić information content (AvgIpc) is 2.46. The van der Waals surface area contributed by atoms with E-state index in [1.165, 1.54) is 30.5 Å². The highest BCUT2D eigenvalue weighted by atomic mass is 19.3. The minimum absolute atomic E-state index is 0.0389. The standard InChI is InChI=1S/C14H11F3N2O2/c15-11-8-18-6-5-10(11)13(20)19-7-9-3-1-2-4-12(9)21-14(16)17/h1-6,8,14H,7H2,(H,19,20). The number of nitrogens with zero attached hydrogens (tertiary/aromatic N) is 1. The van der Waals surface area contributed by atoms with Crippen LogP contribution < -0.4 is 10.1 Å². The van der Waals surface area contributed by atoms with Crippen molar-refractivity contribution in [1.29, 1.82) is 0 Å². The Morgan fingerprint density at radius 3 is 2.76 bits per heavy atom. The molecule has 1 amide bonds. The normalized spacial score (nSPS) is 10.5. The van der Waals surface area contributed by atoms with Crippen molar-refractivity contribution in [2.75, 3.05) is 0 Å². The fourth-order valence-electron chi connectivity index (χ4n) is 1.69. The van der Waals surface area contributed by atoms with Gasteiger partial charge in [0.15, 0.2) is 5.82 Å². The number of ether oxygens (including phenoxy) is 1. The lowest BCUT2D eigenvalue weighted by Crippen LogP contribution is -2.24. The van der Waals surface area contributed by atoms with Crippen LogP contribution in [0.15, 0.2) is 42.7 Å². The van der Waals surface area contributed by atoms with Gasteiger partial charge in [-0.2, -0.15) is 8.78 Å². The van der Waals surface area contributed by atoms with E-state index in [1.54, 1.807) is 6.07 Å². The number of rotatable bonds is 5. The summed E-state index contributed by atoms with van der Waals surface area (Å²) in [7, 11) is 0. The van der Waals surface area contributed by atoms with Gasteiger partial charge in [-0.3, -0.25) is 9.78 Å². The molecule has 0 fully saturated rings. The van der Waals surface area contributed by atoms with Crippen LogP contribution in [0.1, 0.15) is 15.9 Å². The second-order valence-electron chi connectivity index (χ2n) is 4.02. The SMILES string of the molecule is O=C(NCc1ccccc1OC(F)F)c1ccncc1F. The van der Waals surface area contributed by atoms with Crippen LogP contribution >= 0.6 is 0 Å². The predicted octanol–water partition coefficient (Wildman–Crippen LogP) is 2.75. The largest absolute Gasteiger partial charge is 0.434 e. The van der Waals surface area contributed by atoms with E-state index in [-0.39, 0.29) is 17.9 Å². The Morgan fingerprint density at radius 2 is 2.05 bits per heavy atom. The second-order valence-corrected chi connectivity index (χ2v) is 4.02. The summed E-state index contributed by atoms with van der Waals surface area (Å²) in [6.45, 7) is -3.02. The van der Waals surface area contributed by atoms with E-state index < -0.39 is 18.3 Å². The lowest BCUT2D eigenvalue weighted by Gasteiger charge is -2.11. The van der Waals surface area contributed by atoms with Crippen LogP contribution in [0.25, 0.3) is 0 Å². The summed E-state index contributed by atoms with van der Waals surface area (Å²) in [6.07, 6.45) is 2.20. The van der Waals surface area contributed by atoms with Gasteiger partial charge in [0.05, 0.1) is 11.8 Å². The molecule has 0 saturated carbocycles. The Labute approximate surface area is 118 Å². The van der Waals surface area contributed by atoms with Crippen molar-refractivity contribution in [1.82, 2.24) is 10.3 Å². The second kappa shape index (κ2) is 6.74. The van der Waals surface area contributed by atoms with Crippen LogP contribution in [0.2, 0.25) is 0 Å². The highest BCUT2D eigenvalue weighted by Crippen LogP contribution is 2.20. The van der Waals surface area contributed by atoms with Gasteiger partial charge in [-0.1, -0.05) is 18.2 Å². The first-order chi connectivity index (χ1) is 10.1. The van der Waals surface area contributed by atoms with Gasteiger partial charge in [-0.15, -0.1) is 0 Å². The van der Waals surface area contributed by atoms with Crippen molar-refractivity contribution in [2.45, 2.75) is 13.2 Å². The van der Waals surface area contributed by atoms with E-state index in [4.69, 9.17) is 0 Å². The molecule has 7 heteroatoms.